The highest BCUT2D eigenvalue weighted by Gasteiger charge is 2.16. The number of hydrogen-bond acceptors (Lipinski definition) is 3. The van der Waals surface area contributed by atoms with Crippen molar-refractivity contribution in [1.82, 2.24) is 9.88 Å². The summed E-state index contributed by atoms with van der Waals surface area (Å²) < 4.78 is 0. The van der Waals surface area contributed by atoms with Gasteiger partial charge in [-0.2, -0.15) is 0 Å². The van der Waals surface area contributed by atoms with Gasteiger partial charge in [0.15, 0.2) is 0 Å². The fourth-order valence-corrected chi connectivity index (χ4v) is 3.14. The number of carbonyl (C=O) groups is 2. The number of aromatic nitrogens is 1. The van der Waals surface area contributed by atoms with Crippen molar-refractivity contribution in [2.45, 2.75) is 13.0 Å². The van der Waals surface area contributed by atoms with Crippen LogP contribution < -0.4 is 5.56 Å². The summed E-state index contributed by atoms with van der Waals surface area (Å²) in [6, 6.07) is 13.9. The molecule has 2 N–H and O–H groups in total. The summed E-state index contributed by atoms with van der Waals surface area (Å²) in [5.74, 6) is -1.39. The quantitative estimate of drug-likeness (QED) is 0.707. The minimum atomic E-state index is -1.31. The van der Waals surface area contributed by atoms with Crippen molar-refractivity contribution in [2.24, 2.45) is 0 Å². The molecule has 0 aliphatic rings. The lowest BCUT2D eigenvalue weighted by Crippen LogP contribution is -2.28. The van der Waals surface area contributed by atoms with Crippen LogP contribution in [0.3, 0.4) is 0 Å². The number of halogens is 1. The number of carboxylic acids is 1. The smallest absolute Gasteiger partial charge is 0.341 e. The van der Waals surface area contributed by atoms with Crippen LogP contribution in [0.2, 0.25) is 5.02 Å². The summed E-state index contributed by atoms with van der Waals surface area (Å²) in [6.07, 6.45) is 0.259. The Balaban J connectivity index is 1.91. The van der Waals surface area contributed by atoms with Crippen molar-refractivity contribution >= 4 is 34.4 Å². The first-order valence-electron chi connectivity index (χ1n) is 8.22. The summed E-state index contributed by atoms with van der Waals surface area (Å²) in [5.41, 5.74) is 0.954. The van der Waals surface area contributed by atoms with Gasteiger partial charge < -0.3 is 15.0 Å². The Kier molecular flexibility index (Phi) is 5.28. The number of fused-ring (bicyclic) bond motifs is 1. The molecule has 0 atom stereocenters. The standard InChI is InChI=1S/C20H17ClN2O4/c1-23(17(24)7-12-5-3-2-4-6-12)11-14-9-15(21)8-13-10-16(20(26)27)19(25)22-18(13)14/h2-6,8-10H,7,11H2,1H3,(H,22,25)(H,26,27). The molecule has 2 aromatic carbocycles. The molecule has 7 heteroatoms. The first-order chi connectivity index (χ1) is 12.8. The van der Waals surface area contributed by atoms with Gasteiger partial charge in [-0.1, -0.05) is 41.9 Å². The van der Waals surface area contributed by atoms with E-state index in [1.807, 2.05) is 30.3 Å². The average Bonchev–Trinajstić information content (AvgIpc) is 2.62. The zero-order valence-corrected chi connectivity index (χ0v) is 15.3. The van der Waals surface area contributed by atoms with E-state index in [0.717, 1.165) is 5.56 Å². The molecule has 0 fully saturated rings. The number of aromatic amines is 1. The number of nitrogens with zero attached hydrogens (tertiary/aromatic N) is 1. The SMILES string of the molecule is CN(Cc1cc(Cl)cc2cc(C(=O)O)c(=O)[nH]c12)C(=O)Cc1ccccc1. The minimum Gasteiger partial charge on any atom is -0.477 e. The Morgan fingerprint density at radius 1 is 1.15 bits per heavy atom. The summed E-state index contributed by atoms with van der Waals surface area (Å²) in [5, 5.41) is 10.0. The van der Waals surface area contributed by atoms with Gasteiger partial charge in [0, 0.05) is 24.0 Å². The van der Waals surface area contributed by atoms with Gasteiger partial charge in [0.2, 0.25) is 5.91 Å². The summed E-state index contributed by atoms with van der Waals surface area (Å²) >= 11 is 6.15. The predicted octanol–water partition coefficient (Wildman–Crippen LogP) is 3.08. The number of amides is 1. The van der Waals surface area contributed by atoms with Gasteiger partial charge in [-0.15, -0.1) is 0 Å². The topological polar surface area (TPSA) is 90.5 Å². The van der Waals surface area contributed by atoms with Gasteiger partial charge >= 0.3 is 5.97 Å². The second kappa shape index (κ2) is 7.63. The Labute approximate surface area is 160 Å². The Bertz CT molecular complexity index is 1080. The van der Waals surface area contributed by atoms with E-state index in [4.69, 9.17) is 16.7 Å². The predicted molar refractivity (Wildman–Crippen MR) is 103 cm³/mol. The van der Waals surface area contributed by atoms with E-state index in [9.17, 15) is 14.4 Å². The molecule has 0 unspecified atom stereocenters. The molecule has 0 saturated heterocycles. The molecule has 0 aliphatic carbocycles. The highest BCUT2D eigenvalue weighted by Crippen LogP contribution is 2.23. The molecule has 1 aromatic heterocycles. The number of aromatic carboxylic acids is 1. The van der Waals surface area contributed by atoms with Crippen molar-refractivity contribution in [3.63, 3.8) is 0 Å². The van der Waals surface area contributed by atoms with Crippen LogP contribution >= 0.6 is 11.6 Å². The number of carbonyl (C=O) groups excluding carboxylic acids is 1. The number of likely N-dealkylation sites (N-methyl/N-ethyl adjacent to an activating group) is 1. The zero-order chi connectivity index (χ0) is 19.6. The molecule has 1 heterocycles. The summed E-state index contributed by atoms with van der Waals surface area (Å²) in [7, 11) is 1.67. The number of carboxylic acid groups (broad SMARTS) is 1. The molecular formula is C20H17ClN2O4. The molecule has 6 nitrogen and oxygen atoms in total. The first-order valence-corrected chi connectivity index (χ1v) is 8.59. The van der Waals surface area contributed by atoms with Gasteiger partial charge in [0.25, 0.3) is 5.56 Å². The van der Waals surface area contributed by atoms with Gasteiger partial charge in [-0.25, -0.2) is 4.79 Å². The third-order valence-electron chi connectivity index (χ3n) is 4.26. The van der Waals surface area contributed by atoms with E-state index in [2.05, 4.69) is 4.98 Å². The zero-order valence-electron chi connectivity index (χ0n) is 14.5. The average molecular weight is 385 g/mol. The highest BCUT2D eigenvalue weighted by atomic mass is 35.5. The van der Waals surface area contributed by atoms with Crippen molar-refractivity contribution in [3.05, 3.63) is 80.6 Å². The molecular weight excluding hydrogens is 368 g/mol. The van der Waals surface area contributed by atoms with Crippen LogP contribution in [0.4, 0.5) is 0 Å². The summed E-state index contributed by atoms with van der Waals surface area (Å²) in [4.78, 5) is 39.8. The Hall–Kier alpha value is -3.12. The monoisotopic (exact) mass is 384 g/mol. The molecule has 138 valence electrons. The fourth-order valence-electron chi connectivity index (χ4n) is 2.89. The van der Waals surface area contributed by atoms with E-state index in [1.165, 1.54) is 6.07 Å². The molecule has 1 amide bonds. The fraction of sp³-hybridized carbons (Fsp3) is 0.150. The lowest BCUT2D eigenvalue weighted by Gasteiger charge is -2.19. The number of nitrogens with one attached hydrogen (secondary N) is 1. The van der Waals surface area contributed by atoms with Gasteiger partial charge in [0.1, 0.15) is 5.56 Å². The maximum absolute atomic E-state index is 12.5. The number of hydrogen-bond donors (Lipinski definition) is 2. The molecule has 3 rings (SSSR count). The maximum atomic E-state index is 12.5. The van der Waals surface area contributed by atoms with Crippen LogP contribution in [0, 0.1) is 0 Å². The highest BCUT2D eigenvalue weighted by molar-refractivity contribution is 6.31. The number of rotatable bonds is 5. The van der Waals surface area contributed by atoms with Gasteiger partial charge in [-0.3, -0.25) is 9.59 Å². The van der Waals surface area contributed by atoms with Crippen LogP contribution in [0.1, 0.15) is 21.5 Å². The van der Waals surface area contributed by atoms with E-state index >= 15 is 0 Å². The second-order valence-corrected chi connectivity index (χ2v) is 6.70. The minimum absolute atomic E-state index is 0.0844. The normalized spacial score (nSPS) is 10.7. The summed E-state index contributed by atoms with van der Waals surface area (Å²) in [6.45, 7) is 0.227. The van der Waals surface area contributed by atoms with Crippen molar-refractivity contribution in [2.75, 3.05) is 7.05 Å². The molecule has 0 saturated carbocycles. The lowest BCUT2D eigenvalue weighted by molar-refractivity contribution is -0.129. The molecule has 27 heavy (non-hydrogen) atoms. The van der Waals surface area contributed by atoms with E-state index < -0.39 is 11.5 Å². The molecule has 0 spiro atoms. The number of benzene rings is 2. The maximum Gasteiger partial charge on any atom is 0.341 e. The third kappa shape index (κ3) is 4.17. The molecule has 0 aliphatic heterocycles. The largest absolute Gasteiger partial charge is 0.477 e. The third-order valence-corrected chi connectivity index (χ3v) is 4.48. The van der Waals surface area contributed by atoms with Crippen LogP contribution in [-0.4, -0.2) is 33.9 Å². The molecule has 0 radical (unpaired) electrons. The van der Waals surface area contributed by atoms with Crippen LogP contribution in [0.5, 0.6) is 0 Å². The second-order valence-electron chi connectivity index (χ2n) is 6.26. The van der Waals surface area contributed by atoms with Gasteiger partial charge in [0.05, 0.1) is 11.9 Å². The van der Waals surface area contributed by atoms with Crippen LogP contribution in [0.15, 0.2) is 53.3 Å². The number of pyridine rings is 1. The lowest BCUT2D eigenvalue weighted by atomic mass is 10.1. The van der Waals surface area contributed by atoms with Crippen LogP contribution in [0.25, 0.3) is 10.9 Å². The Morgan fingerprint density at radius 3 is 2.52 bits per heavy atom. The Morgan fingerprint density at radius 2 is 1.85 bits per heavy atom. The van der Waals surface area contributed by atoms with E-state index in [1.54, 1.807) is 24.1 Å². The van der Waals surface area contributed by atoms with Crippen molar-refractivity contribution < 1.29 is 14.7 Å². The molecule has 0 bridgehead atoms. The van der Waals surface area contributed by atoms with Crippen molar-refractivity contribution in [3.8, 4) is 0 Å². The van der Waals surface area contributed by atoms with Crippen molar-refractivity contribution in [1.29, 1.82) is 0 Å². The van der Waals surface area contributed by atoms with Gasteiger partial charge in [-0.05, 0) is 29.3 Å². The number of H-pyrrole nitrogens is 1. The molecule has 3 aromatic rings. The van der Waals surface area contributed by atoms with Crippen LogP contribution in [-0.2, 0) is 17.8 Å². The van der Waals surface area contributed by atoms with E-state index in [-0.39, 0.29) is 24.4 Å². The van der Waals surface area contributed by atoms with E-state index in [0.29, 0.717) is 21.5 Å². The first kappa shape index (κ1) is 18.7.